The summed E-state index contributed by atoms with van der Waals surface area (Å²) in [6, 6.07) is 0. The van der Waals surface area contributed by atoms with Crippen LogP contribution in [0.25, 0.3) is 0 Å². The van der Waals surface area contributed by atoms with Crippen LogP contribution in [-0.4, -0.2) is 11.6 Å². The second-order valence-corrected chi connectivity index (χ2v) is 1.47. The van der Waals surface area contributed by atoms with Crippen molar-refractivity contribution in [1.29, 1.82) is 0 Å². The van der Waals surface area contributed by atoms with Crippen molar-refractivity contribution < 1.29 is 9.59 Å². The lowest BCUT2D eigenvalue weighted by molar-refractivity contribution is -0.113. The van der Waals surface area contributed by atoms with Crippen LogP contribution in [0.15, 0.2) is 24.3 Å². The topological polar surface area (TPSA) is 34.1 Å². The van der Waals surface area contributed by atoms with E-state index in [2.05, 4.69) is 0 Å². The molecule has 0 unspecified atom stereocenters. The normalized spacial score (nSPS) is 17.5. The van der Waals surface area contributed by atoms with Crippen molar-refractivity contribution in [1.82, 2.24) is 0 Å². The summed E-state index contributed by atoms with van der Waals surface area (Å²) in [5, 5.41) is 0. The van der Waals surface area contributed by atoms with Gasteiger partial charge < -0.3 is 0 Å². The summed E-state index contributed by atoms with van der Waals surface area (Å²) >= 11 is 0. The summed E-state index contributed by atoms with van der Waals surface area (Å²) in [7, 11) is 0. The van der Waals surface area contributed by atoms with E-state index in [1.165, 1.54) is 24.3 Å². The van der Waals surface area contributed by atoms with Gasteiger partial charge in [0, 0.05) is 0 Å². The number of hydrogen-bond acceptors (Lipinski definition) is 2. The zero-order valence-electron chi connectivity index (χ0n) is 4.13. The molecule has 8 heavy (non-hydrogen) atoms. The zero-order valence-corrected chi connectivity index (χ0v) is 4.13. The maximum atomic E-state index is 10.3. The molecule has 0 aromatic rings. The third-order valence-corrected chi connectivity index (χ3v) is 0.824. The Kier molecular flexibility index (Phi) is 1.08. The highest BCUT2D eigenvalue weighted by Gasteiger charge is 1.97. The summed E-state index contributed by atoms with van der Waals surface area (Å²) in [4.78, 5) is 20.6. The van der Waals surface area contributed by atoms with Crippen molar-refractivity contribution in [2.24, 2.45) is 0 Å². The summed E-state index contributed by atoms with van der Waals surface area (Å²) < 4.78 is 0. The minimum Gasteiger partial charge on any atom is -0.290 e. The van der Waals surface area contributed by atoms with Gasteiger partial charge >= 0.3 is 0 Å². The van der Waals surface area contributed by atoms with Crippen LogP contribution >= 0.6 is 0 Å². The van der Waals surface area contributed by atoms with Crippen LogP contribution in [0.3, 0.4) is 0 Å². The van der Waals surface area contributed by atoms with Gasteiger partial charge in [0.25, 0.3) is 0 Å². The minimum atomic E-state index is -0.121. The maximum Gasteiger partial charge on any atom is 0.178 e. The lowest BCUT2D eigenvalue weighted by atomic mass is 10.3. The van der Waals surface area contributed by atoms with Gasteiger partial charge in [-0.25, -0.2) is 0 Å². The fourth-order valence-corrected chi connectivity index (χ4v) is 0.440. The minimum absolute atomic E-state index is 0.121. The molecular formula is C6H4O2. The molecule has 2 heteroatoms. The Morgan fingerprint density at radius 3 is 1.25 bits per heavy atom. The van der Waals surface area contributed by atoms with Crippen LogP contribution in [0.4, 0.5) is 0 Å². The Morgan fingerprint density at radius 1 is 0.750 bits per heavy atom. The van der Waals surface area contributed by atoms with Gasteiger partial charge in [-0.2, -0.15) is 0 Å². The van der Waals surface area contributed by atoms with Crippen molar-refractivity contribution in [2.45, 2.75) is 0 Å². The molecule has 0 aromatic carbocycles. The zero-order chi connectivity index (χ0) is 5.98. The Hall–Kier alpha value is -1.18. The molecule has 0 fully saturated rings. The average Bonchev–Trinajstić information content (AvgIpc) is 1.77. The molecular weight excluding hydrogens is 105 g/mol. The molecule has 0 atom stereocenters. The van der Waals surface area contributed by atoms with Crippen LogP contribution in [0.2, 0.25) is 0 Å². The summed E-state index contributed by atoms with van der Waals surface area (Å²) in [6.45, 7) is 0. The van der Waals surface area contributed by atoms with Crippen LogP contribution in [-0.2, 0) is 9.59 Å². The van der Waals surface area contributed by atoms with Crippen LogP contribution < -0.4 is 0 Å². The van der Waals surface area contributed by atoms with Gasteiger partial charge in [-0.3, -0.25) is 9.59 Å². The molecule has 1 aliphatic rings. The van der Waals surface area contributed by atoms with Gasteiger partial charge in [0.2, 0.25) is 0 Å². The molecule has 0 saturated heterocycles. The van der Waals surface area contributed by atoms with Crippen molar-refractivity contribution >= 4 is 11.6 Å². The third-order valence-electron chi connectivity index (χ3n) is 0.824. The van der Waals surface area contributed by atoms with E-state index in [1.54, 1.807) is 0 Å². The third kappa shape index (κ3) is 0.904. The molecule has 0 radical (unpaired) electrons. The molecule has 0 spiro atoms. The van der Waals surface area contributed by atoms with Crippen LogP contribution in [0.1, 0.15) is 0 Å². The maximum absolute atomic E-state index is 10.3. The number of carbonyl (C=O) groups is 2. The predicted octanol–water partition coefficient (Wildman–Crippen LogP) is 0.251. The Balaban J connectivity index is 2.83. The molecule has 0 saturated carbocycles. The van der Waals surface area contributed by atoms with E-state index in [4.69, 9.17) is 0 Å². The summed E-state index contributed by atoms with van der Waals surface area (Å²) in [5.41, 5.74) is 0. The molecule has 0 amide bonds. The first-order valence-electron chi connectivity index (χ1n) is 2.23. The number of allylic oxidation sites excluding steroid dienone is 4. The Labute approximate surface area is 46.5 Å². The number of hydrogen-bond donors (Lipinski definition) is 0. The molecule has 0 aromatic heterocycles. The van der Waals surface area contributed by atoms with E-state index >= 15 is 0 Å². The van der Waals surface area contributed by atoms with E-state index in [-0.39, 0.29) is 11.6 Å². The SMILES string of the molecule is O=C1C=C[13C](=O)C=C1. The number of ketones is 2. The van der Waals surface area contributed by atoms with Gasteiger partial charge in [-0.15, -0.1) is 0 Å². The summed E-state index contributed by atoms with van der Waals surface area (Å²) in [5.74, 6) is -0.241. The highest BCUT2D eigenvalue weighted by Crippen LogP contribution is 1.90. The molecule has 1 aliphatic carbocycles. The van der Waals surface area contributed by atoms with Gasteiger partial charge in [0.05, 0.1) is 0 Å². The largest absolute Gasteiger partial charge is 0.290 e. The van der Waals surface area contributed by atoms with Crippen molar-refractivity contribution in [3.05, 3.63) is 24.3 Å². The first-order valence-corrected chi connectivity index (χ1v) is 2.23. The highest BCUT2D eigenvalue weighted by atomic mass is 16.2. The molecule has 0 bridgehead atoms. The van der Waals surface area contributed by atoms with E-state index in [1.807, 2.05) is 0 Å². The van der Waals surface area contributed by atoms with E-state index < -0.39 is 0 Å². The smallest absolute Gasteiger partial charge is 0.178 e. The molecule has 2 nitrogen and oxygen atoms in total. The van der Waals surface area contributed by atoms with E-state index in [9.17, 15) is 9.59 Å². The Bertz CT molecular complexity index is 149. The first kappa shape index (κ1) is 4.97. The molecule has 0 aliphatic heterocycles. The molecule has 0 N–H and O–H groups in total. The fraction of sp³-hybridized carbons (Fsp3) is 0. The molecule has 40 valence electrons. The highest BCUT2D eigenvalue weighted by molar-refractivity contribution is 6.14. The number of rotatable bonds is 0. The lowest BCUT2D eigenvalue weighted by Crippen LogP contribution is -1.97. The quantitative estimate of drug-likeness (QED) is 0.330. The lowest BCUT2D eigenvalue weighted by Gasteiger charge is -1.87. The van der Waals surface area contributed by atoms with Gasteiger partial charge in [0.15, 0.2) is 11.6 Å². The second kappa shape index (κ2) is 1.74. The molecule has 0 heterocycles. The van der Waals surface area contributed by atoms with Crippen molar-refractivity contribution in [3.8, 4) is 0 Å². The first-order chi connectivity index (χ1) is 3.79. The standard InChI is InChI=1S/C6H4O2/c7-5-1-2-6(8)4-3-5/h1-4H/i5+1. The summed E-state index contributed by atoms with van der Waals surface area (Å²) in [6.07, 6.45) is 5.01. The fourth-order valence-electron chi connectivity index (χ4n) is 0.440. The van der Waals surface area contributed by atoms with E-state index in [0.717, 1.165) is 0 Å². The average molecular weight is 109 g/mol. The van der Waals surface area contributed by atoms with Crippen LogP contribution in [0, 0.1) is 0 Å². The number of carbonyl (C=O) groups excluding carboxylic acids is 2. The van der Waals surface area contributed by atoms with Crippen LogP contribution in [0.5, 0.6) is 0 Å². The van der Waals surface area contributed by atoms with Gasteiger partial charge in [0.1, 0.15) is 0 Å². The van der Waals surface area contributed by atoms with Gasteiger partial charge in [-0.1, -0.05) is 0 Å². The van der Waals surface area contributed by atoms with Crippen molar-refractivity contribution in [2.75, 3.05) is 0 Å². The van der Waals surface area contributed by atoms with Gasteiger partial charge in [-0.05, 0) is 24.3 Å². The van der Waals surface area contributed by atoms with Crippen molar-refractivity contribution in [3.63, 3.8) is 0 Å². The predicted molar refractivity (Wildman–Crippen MR) is 28.3 cm³/mol. The van der Waals surface area contributed by atoms with E-state index in [0.29, 0.717) is 0 Å². The monoisotopic (exact) mass is 109 g/mol. The Morgan fingerprint density at radius 2 is 1.00 bits per heavy atom. The second-order valence-electron chi connectivity index (χ2n) is 1.47. The molecule has 1 rings (SSSR count).